The number of aromatic nitrogens is 1. The van der Waals surface area contributed by atoms with Gasteiger partial charge in [0.15, 0.2) is 0 Å². The van der Waals surface area contributed by atoms with Crippen molar-refractivity contribution in [2.75, 3.05) is 13.7 Å². The normalized spacial score (nSPS) is 20.7. The van der Waals surface area contributed by atoms with Gasteiger partial charge in [0.1, 0.15) is 23.1 Å². The molecule has 2 aliphatic rings. The molecule has 0 radical (unpaired) electrons. The number of ether oxygens (including phenoxy) is 3. The standard InChI is InChI=1S/C22H23N3O4/c1-13-10-18-20(22(26)25(13)12-14-6-5-9-28-14)19(16(11-23)21(24)29-18)15-7-3-4-8-17(15)27-2/h3-4,7-8,10,14,19H,5-6,9,12,24H2,1-2H3/t14-,19-/m0/s1. The van der Waals surface area contributed by atoms with Crippen molar-refractivity contribution in [1.29, 1.82) is 5.26 Å². The molecule has 2 aliphatic heterocycles. The minimum Gasteiger partial charge on any atom is -0.496 e. The number of hydrogen-bond acceptors (Lipinski definition) is 6. The molecule has 7 heteroatoms. The van der Waals surface area contributed by atoms with Gasteiger partial charge >= 0.3 is 0 Å². The highest BCUT2D eigenvalue weighted by Crippen LogP contribution is 2.43. The SMILES string of the molecule is COc1ccccc1[C@H]1C(C#N)=C(N)Oc2cc(C)n(C[C@@H]3CCCO3)c(=O)c21. The van der Waals surface area contributed by atoms with Gasteiger partial charge in [-0.05, 0) is 25.8 Å². The van der Waals surface area contributed by atoms with Crippen molar-refractivity contribution in [3.8, 4) is 17.6 Å². The second-order valence-corrected chi connectivity index (χ2v) is 7.28. The Labute approximate surface area is 168 Å². The minimum absolute atomic E-state index is 0.00609. The summed E-state index contributed by atoms with van der Waals surface area (Å²) in [5.41, 5.74) is 7.91. The van der Waals surface area contributed by atoms with E-state index in [4.69, 9.17) is 19.9 Å². The molecule has 2 atom stereocenters. The predicted molar refractivity (Wildman–Crippen MR) is 107 cm³/mol. The van der Waals surface area contributed by atoms with Gasteiger partial charge in [-0.15, -0.1) is 0 Å². The van der Waals surface area contributed by atoms with Crippen LogP contribution in [-0.2, 0) is 11.3 Å². The number of para-hydroxylation sites is 1. The molecule has 1 saturated heterocycles. The van der Waals surface area contributed by atoms with E-state index < -0.39 is 5.92 Å². The zero-order valence-corrected chi connectivity index (χ0v) is 16.5. The molecule has 0 aliphatic carbocycles. The number of hydrogen-bond donors (Lipinski definition) is 1. The average Bonchev–Trinajstić information content (AvgIpc) is 3.23. The van der Waals surface area contributed by atoms with Crippen molar-refractivity contribution in [3.05, 3.63) is 69.0 Å². The number of methoxy groups -OCH3 is 1. The summed E-state index contributed by atoms with van der Waals surface area (Å²) in [6, 6.07) is 11.3. The highest BCUT2D eigenvalue weighted by atomic mass is 16.5. The summed E-state index contributed by atoms with van der Waals surface area (Å²) in [5, 5.41) is 9.79. The topological polar surface area (TPSA) is 99.5 Å². The van der Waals surface area contributed by atoms with E-state index in [1.165, 1.54) is 0 Å². The molecule has 0 amide bonds. The fraction of sp³-hybridized carbons (Fsp3) is 0.364. The maximum absolute atomic E-state index is 13.6. The molecule has 1 fully saturated rings. The van der Waals surface area contributed by atoms with E-state index in [0.717, 1.165) is 18.5 Å². The second kappa shape index (κ2) is 7.64. The first-order valence-corrected chi connectivity index (χ1v) is 9.61. The molecular formula is C22H23N3O4. The van der Waals surface area contributed by atoms with Gasteiger partial charge in [-0.2, -0.15) is 5.26 Å². The highest BCUT2D eigenvalue weighted by molar-refractivity contribution is 5.58. The Morgan fingerprint density at radius 2 is 2.17 bits per heavy atom. The Hall–Kier alpha value is -3.24. The van der Waals surface area contributed by atoms with Crippen LogP contribution in [0.3, 0.4) is 0 Å². The lowest BCUT2D eigenvalue weighted by molar-refractivity contribution is 0.0954. The number of rotatable bonds is 4. The number of fused-ring (bicyclic) bond motifs is 1. The summed E-state index contributed by atoms with van der Waals surface area (Å²) >= 11 is 0. The first kappa shape index (κ1) is 19.1. The van der Waals surface area contributed by atoms with Crippen LogP contribution in [0.25, 0.3) is 0 Å². The summed E-state index contributed by atoms with van der Waals surface area (Å²) in [7, 11) is 1.56. The van der Waals surface area contributed by atoms with Crippen molar-refractivity contribution in [1.82, 2.24) is 4.57 Å². The third-order valence-electron chi connectivity index (χ3n) is 5.55. The first-order chi connectivity index (χ1) is 14.0. The second-order valence-electron chi connectivity index (χ2n) is 7.28. The van der Waals surface area contributed by atoms with Crippen molar-refractivity contribution < 1.29 is 14.2 Å². The first-order valence-electron chi connectivity index (χ1n) is 9.61. The number of pyridine rings is 1. The van der Waals surface area contributed by atoms with Gasteiger partial charge in [0.2, 0.25) is 5.88 Å². The molecule has 1 aromatic heterocycles. The van der Waals surface area contributed by atoms with E-state index >= 15 is 0 Å². The van der Waals surface area contributed by atoms with Crippen molar-refractivity contribution in [2.24, 2.45) is 5.73 Å². The van der Waals surface area contributed by atoms with Gasteiger partial charge in [-0.3, -0.25) is 4.79 Å². The van der Waals surface area contributed by atoms with E-state index in [0.29, 0.717) is 35.8 Å². The number of aryl methyl sites for hydroxylation is 1. The Morgan fingerprint density at radius 3 is 2.86 bits per heavy atom. The number of allylic oxidation sites excluding steroid dienone is 1. The molecule has 1 aromatic carbocycles. The molecule has 2 aromatic rings. The van der Waals surface area contributed by atoms with Gasteiger partial charge in [-0.25, -0.2) is 0 Å². The zero-order valence-electron chi connectivity index (χ0n) is 16.5. The van der Waals surface area contributed by atoms with Crippen LogP contribution < -0.4 is 20.8 Å². The summed E-state index contributed by atoms with van der Waals surface area (Å²) in [6.07, 6.45) is 1.93. The van der Waals surface area contributed by atoms with Gasteiger partial charge in [0.25, 0.3) is 5.56 Å². The van der Waals surface area contributed by atoms with E-state index in [9.17, 15) is 10.1 Å². The van der Waals surface area contributed by atoms with Crippen LogP contribution in [0.4, 0.5) is 0 Å². The quantitative estimate of drug-likeness (QED) is 0.857. The largest absolute Gasteiger partial charge is 0.496 e. The Morgan fingerprint density at radius 1 is 1.38 bits per heavy atom. The maximum Gasteiger partial charge on any atom is 0.258 e. The molecule has 29 heavy (non-hydrogen) atoms. The third-order valence-corrected chi connectivity index (χ3v) is 5.55. The molecule has 150 valence electrons. The van der Waals surface area contributed by atoms with Crippen LogP contribution in [0.5, 0.6) is 11.5 Å². The van der Waals surface area contributed by atoms with Crippen LogP contribution in [0, 0.1) is 18.3 Å². The lowest BCUT2D eigenvalue weighted by atomic mass is 9.83. The molecule has 3 heterocycles. The summed E-state index contributed by atoms with van der Waals surface area (Å²) in [5.74, 6) is 0.301. The third kappa shape index (κ3) is 3.26. The molecule has 0 bridgehead atoms. The van der Waals surface area contributed by atoms with Crippen LogP contribution in [0.15, 0.2) is 46.6 Å². The number of benzene rings is 1. The molecule has 4 rings (SSSR count). The molecular weight excluding hydrogens is 370 g/mol. The van der Waals surface area contributed by atoms with Crippen LogP contribution in [-0.4, -0.2) is 24.4 Å². The average molecular weight is 393 g/mol. The predicted octanol–water partition coefficient (Wildman–Crippen LogP) is 2.56. The molecule has 0 saturated carbocycles. The fourth-order valence-electron chi connectivity index (χ4n) is 4.12. The number of nitrogens with two attached hydrogens (primary N) is 1. The summed E-state index contributed by atoms with van der Waals surface area (Å²) in [6.45, 7) is 3.05. The van der Waals surface area contributed by atoms with E-state index in [-0.39, 0.29) is 23.1 Å². The minimum atomic E-state index is -0.663. The van der Waals surface area contributed by atoms with E-state index in [1.54, 1.807) is 23.8 Å². The van der Waals surface area contributed by atoms with Crippen molar-refractivity contribution >= 4 is 0 Å². The monoisotopic (exact) mass is 393 g/mol. The fourth-order valence-corrected chi connectivity index (χ4v) is 4.12. The summed E-state index contributed by atoms with van der Waals surface area (Å²) in [4.78, 5) is 13.6. The number of nitrogens with zero attached hydrogens (tertiary/aromatic N) is 2. The Balaban J connectivity index is 1.92. The van der Waals surface area contributed by atoms with Crippen LogP contribution >= 0.6 is 0 Å². The highest BCUT2D eigenvalue weighted by Gasteiger charge is 2.36. The lowest BCUT2D eigenvalue weighted by Crippen LogP contribution is -2.35. The van der Waals surface area contributed by atoms with Crippen molar-refractivity contribution in [2.45, 2.75) is 38.3 Å². The molecule has 2 N–H and O–H groups in total. The van der Waals surface area contributed by atoms with Crippen LogP contribution in [0.1, 0.15) is 35.6 Å². The Bertz CT molecular complexity index is 1070. The maximum atomic E-state index is 13.6. The van der Waals surface area contributed by atoms with Gasteiger partial charge < -0.3 is 24.5 Å². The molecule has 0 unspecified atom stereocenters. The van der Waals surface area contributed by atoms with Gasteiger partial charge in [-0.1, -0.05) is 18.2 Å². The zero-order chi connectivity index (χ0) is 20.5. The molecule has 7 nitrogen and oxygen atoms in total. The molecule has 0 spiro atoms. The van der Waals surface area contributed by atoms with E-state index in [1.807, 2.05) is 25.1 Å². The number of nitriles is 1. The summed E-state index contributed by atoms with van der Waals surface area (Å²) < 4.78 is 18.6. The lowest BCUT2D eigenvalue weighted by Gasteiger charge is -2.28. The van der Waals surface area contributed by atoms with Crippen LogP contribution in [0.2, 0.25) is 0 Å². The van der Waals surface area contributed by atoms with Gasteiger partial charge in [0, 0.05) is 23.9 Å². The van der Waals surface area contributed by atoms with Crippen molar-refractivity contribution in [3.63, 3.8) is 0 Å². The smallest absolute Gasteiger partial charge is 0.258 e. The van der Waals surface area contributed by atoms with E-state index in [2.05, 4.69) is 6.07 Å². The van der Waals surface area contributed by atoms with Gasteiger partial charge in [0.05, 0.1) is 31.2 Å². The Kier molecular flexibility index (Phi) is 5.03.